The van der Waals surface area contributed by atoms with Crippen LogP contribution in [-0.2, 0) is 16.6 Å². The van der Waals surface area contributed by atoms with Crippen LogP contribution in [-0.4, -0.2) is 34.2 Å². The maximum absolute atomic E-state index is 11.8. The van der Waals surface area contributed by atoms with Crippen molar-refractivity contribution in [3.05, 3.63) is 23.8 Å². The molecule has 1 fully saturated rings. The van der Waals surface area contributed by atoms with E-state index >= 15 is 0 Å². The molecule has 0 atom stereocenters. The summed E-state index contributed by atoms with van der Waals surface area (Å²) in [6, 6.07) is 0. The zero-order valence-electron chi connectivity index (χ0n) is 9.75. The van der Waals surface area contributed by atoms with Gasteiger partial charge in [0.25, 0.3) is 0 Å². The Morgan fingerprint density at radius 1 is 1.44 bits per heavy atom. The van der Waals surface area contributed by atoms with Crippen LogP contribution in [0.1, 0.15) is 35.9 Å². The van der Waals surface area contributed by atoms with Crippen LogP contribution in [0.25, 0.3) is 0 Å². The second-order valence-electron chi connectivity index (χ2n) is 4.47. The molecule has 1 aromatic heterocycles. The first-order valence-electron chi connectivity index (χ1n) is 5.37. The van der Waals surface area contributed by atoms with Crippen LogP contribution in [0.2, 0.25) is 0 Å². The van der Waals surface area contributed by atoms with Gasteiger partial charge in [0.1, 0.15) is 5.82 Å². The molecule has 0 saturated heterocycles. The van der Waals surface area contributed by atoms with Gasteiger partial charge < -0.3 is 5.11 Å². The van der Waals surface area contributed by atoms with E-state index in [1.165, 1.54) is 0 Å². The fourth-order valence-corrected chi connectivity index (χ4v) is 2.64. The largest absolute Gasteiger partial charge is 0.478 e. The predicted molar refractivity (Wildman–Crippen MR) is 62.4 cm³/mol. The van der Waals surface area contributed by atoms with Crippen LogP contribution in [0.5, 0.6) is 0 Å². The van der Waals surface area contributed by atoms with Gasteiger partial charge in [-0.25, -0.2) is 27.9 Å². The molecule has 8 heteroatoms. The summed E-state index contributed by atoms with van der Waals surface area (Å²) in [6.45, 7) is 1.65. The minimum Gasteiger partial charge on any atom is -0.478 e. The molecule has 0 spiro atoms. The molecule has 0 aromatic carbocycles. The number of hydrogen-bond acceptors (Lipinski definition) is 5. The van der Waals surface area contributed by atoms with Gasteiger partial charge in [-0.05, 0) is 19.8 Å². The van der Waals surface area contributed by atoms with Crippen molar-refractivity contribution < 1.29 is 18.3 Å². The highest BCUT2D eigenvalue weighted by Crippen LogP contribution is 2.42. The zero-order valence-corrected chi connectivity index (χ0v) is 10.6. The molecule has 1 aliphatic rings. The van der Waals surface area contributed by atoms with Crippen LogP contribution in [0.15, 0.2) is 12.4 Å². The van der Waals surface area contributed by atoms with Crippen molar-refractivity contribution in [1.82, 2.24) is 14.7 Å². The molecule has 0 aliphatic heterocycles. The van der Waals surface area contributed by atoms with E-state index in [0.29, 0.717) is 12.8 Å². The van der Waals surface area contributed by atoms with Gasteiger partial charge in [-0.15, -0.1) is 0 Å². The number of nitrogens with one attached hydrogen (secondary N) is 1. The first kappa shape index (κ1) is 12.9. The Balaban J connectivity index is 2.01. The molecule has 98 valence electrons. The summed E-state index contributed by atoms with van der Waals surface area (Å²) in [7, 11) is -3.36. The van der Waals surface area contributed by atoms with Crippen LogP contribution >= 0.6 is 0 Å². The second kappa shape index (κ2) is 4.29. The molecule has 0 unspecified atom stereocenters. The van der Waals surface area contributed by atoms with E-state index in [-0.39, 0.29) is 17.9 Å². The molecular formula is C10H13N3O4S. The fraction of sp³-hybridized carbons (Fsp3) is 0.500. The number of hydrogen-bond donors (Lipinski definition) is 2. The van der Waals surface area contributed by atoms with Gasteiger partial charge in [0.2, 0.25) is 10.0 Å². The topological polar surface area (TPSA) is 109 Å². The Hall–Kier alpha value is -1.54. The van der Waals surface area contributed by atoms with Gasteiger partial charge in [0.15, 0.2) is 0 Å². The standard InChI is InChI=1S/C10H13N3O4S/c1-10(2-3-10)18(16,17)13-6-8-11-4-7(5-12-8)9(14)15/h4-5,13H,2-3,6H2,1H3,(H,14,15). The molecule has 0 amide bonds. The third-order valence-corrected chi connectivity index (χ3v) is 5.21. The lowest BCUT2D eigenvalue weighted by molar-refractivity contribution is 0.0696. The van der Waals surface area contributed by atoms with E-state index < -0.39 is 20.7 Å². The lowest BCUT2D eigenvalue weighted by Gasteiger charge is -2.11. The molecular weight excluding hydrogens is 258 g/mol. The normalized spacial score (nSPS) is 17.4. The molecule has 2 rings (SSSR count). The molecule has 18 heavy (non-hydrogen) atoms. The van der Waals surface area contributed by atoms with E-state index in [0.717, 1.165) is 12.4 Å². The maximum Gasteiger partial charge on any atom is 0.338 e. The summed E-state index contributed by atoms with van der Waals surface area (Å²) in [5, 5.41) is 8.66. The van der Waals surface area contributed by atoms with Crippen molar-refractivity contribution in [3.8, 4) is 0 Å². The molecule has 0 radical (unpaired) electrons. The van der Waals surface area contributed by atoms with E-state index in [1.807, 2.05) is 0 Å². The Labute approximate surface area is 104 Å². The second-order valence-corrected chi connectivity index (χ2v) is 6.75. The average molecular weight is 271 g/mol. The monoisotopic (exact) mass is 271 g/mol. The van der Waals surface area contributed by atoms with Crippen molar-refractivity contribution in [3.63, 3.8) is 0 Å². The first-order valence-corrected chi connectivity index (χ1v) is 6.86. The van der Waals surface area contributed by atoms with Crippen LogP contribution in [0.4, 0.5) is 0 Å². The summed E-state index contributed by atoms with van der Waals surface area (Å²) in [5.41, 5.74) is -0.0317. The van der Waals surface area contributed by atoms with Gasteiger partial charge in [-0.1, -0.05) is 0 Å². The highest BCUT2D eigenvalue weighted by Gasteiger charge is 2.49. The van der Waals surface area contributed by atoms with Gasteiger partial charge in [-0.3, -0.25) is 0 Å². The minimum atomic E-state index is -3.36. The molecule has 1 heterocycles. The molecule has 1 aliphatic carbocycles. The summed E-state index contributed by atoms with van der Waals surface area (Å²) in [4.78, 5) is 18.2. The van der Waals surface area contributed by atoms with Crippen LogP contribution in [0.3, 0.4) is 0 Å². The quantitative estimate of drug-likeness (QED) is 0.788. The minimum absolute atomic E-state index is 0.0299. The Kier molecular flexibility index (Phi) is 3.07. The van der Waals surface area contributed by atoms with E-state index in [1.54, 1.807) is 6.92 Å². The van der Waals surface area contributed by atoms with Crippen molar-refractivity contribution in [2.45, 2.75) is 31.1 Å². The first-order chi connectivity index (χ1) is 8.34. The molecule has 0 bridgehead atoms. The smallest absolute Gasteiger partial charge is 0.338 e. The summed E-state index contributed by atoms with van der Waals surface area (Å²) in [5.74, 6) is -0.875. The van der Waals surface area contributed by atoms with Gasteiger partial charge in [-0.2, -0.15) is 0 Å². The van der Waals surface area contributed by atoms with Crippen molar-refractivity contribution in [2.75, 3.05) is 0 Å². The van der Waals surface area contributed by atoms with Gasteiger partial charge in [0, 0.05) is 12.4 Å². The molecule has 7 nitrogen and oxygen atoms in total. The third kappa shape index (κ3) is 2.49. The third-order valence-electron chi connectivity index (χ3n) is 2.98. The highest BCUT2D eigenvalue weighted by atomic mass is 32.2. The molecule has 1 saturated carbocycles. The lowest BCUT2D eigenvalue weighted by Crippen LogP contribution is -2.34. The number of aromatic nitrogens is 2. The van der Waals surface area contributed by atoms with Gasteiger partial charge in [0.05, 0.1) is 16.9 Å². The Morgan fingerprint density at radius 3 is 2.44 bits per heavy atom. The lowest BCUT2D eigenvalue weighted by atomic mass is 10.3. The van der Waals surface area contributed by atoms with E-state index in [2.05, 4.69) is 14.7 Å². The number of carboxylic acid groups (broad SMARTS) is 1. The van der Waals surface area contributed by atoms with Crippen LogP contribution < -0.4 is 4.72 Å². The number of rotatable bonds is 5. The average Bonchev–Trinajstić information content (AvgIpc) is 3.07. The summed E-state index contributed by atoms with van der Waals surface area (Å²) >= 11 is 0. The number of carbonyl (C=O) groups is 1. The van der Waals surface area contributed by atoms with Crippen molar-refractivity contribution in [1.29, 1.82) is 0 Å². The molecule has 2 N–H and O–H groups in total. The Bertz CT molecular complexity index is 563. The summed E-state index contributed by atoms with van der Waals surface area (Å²) < 4.78 is 25.4. The SMILES string of the molecule is CC1(S(=O)(=O)NCc2ncc(C(=O)O)cn2)CC1. The number of nitrogens with zero attached hydrogens (tertiary/aromatic N) is 2. The Morgan fingerprint density at radius 2 is 2.00 bits per heavy atom. The van der Waals surface area contributed by atoms with Gasteiger partial charge >= 0.3 is 5.97 Å². The highest BCUT2D eigenvalue weighted by molar-refractivity contribution is 7.91. The number of sulfonamides is 1. The number of carboxylic acids is 1. The maximum atomic E-state index is 11.8. The fourth-order valence-electron chi connectivity index (χ4n) is 1.34. The zero-order chi connectivity index (χ0) is 13.4. The van der Waals surface area contributed by atoms with Crippen LogP contribution in [0, 0.1) is 0 Å². The van der Waals surface area contributed by atoms with Crippen molar-refractivity contribution in [2.24, 2.45) is 0 Å². The number of aromatic carboxylic acids is 1. The van der Waals surface area contributed by atoms with E-state index in [9.17, 15) is 13.2 Å². The molecule has 1 aromatic rings. The van der Waals surface area contributed by atoms with Crippen molar-refractivity contribution >= 4 is 16.0 Å². The summed E-state index contributed by atoms with van der Waals surface area (Å²) in [6.07, 6.45) is 3.61. The van der Waals surface area contributed by atoms with E-state index in [4.69, 9.17) is 5.11 Å². The predicted octanol–water partition coefficient (Wildman–Crippen LogP) is 0.147.